The van der Waals surface area contributed by atoms with Gasteiger partial charge in [-0.25, -0.2) is 0 Å². The third-order valence-corrected chi connectivity index (χ3v) is 4.69. The zero-order valence-electron chi connectivity index (χ0n) is 16.1. The molecule has 2 aromatic rings. The van der Waals surface area contributed by atoms with Crippen LogP contribution in [0.25, 0.3) is 0 Å². The molecule has 0 aliphatic carbocycles. The van der Waals surface area contributed by atoms with Crippen molar-refractivity contribution in [1.82, 2.24) is 4.90 Å². The zero-order chi connectivity index (χ0) is 20.4. The molecular weight excluding hydrogens is 356 g/mol. The molecule has 0 radical (unpaired) electrons. The van der Waals surface area contributed by atoms with Gasteiger partial charge in [0.1, 0.15) is 6.04 Å². The molecule has 0 aromatic heterocycles. The second-order valence-electron chi connectivity index (χ2n) is 7.29. The van der Waals surface area contributed by atoms with Crippen molar-refractivity contribution in [3.8, 4) is 0 Å². The summed E-state index contributed by atoms with van der Waals surface area (Å²) in [6, 6.07) is 12.2. The van der Waals surface area contributed by atoms with E-state index in [-0.39, 0.29) is 11.7 Å². The molecule has 0 saturated heterocycles. The van der Waals surface area contributed by atoms with E-state index in [1.54, 1.807) is 48.5 Å². The van der Waals surface area contributed by atoms with Crippen LogP contribution >= 0.6 is 0 Å². The smallest absolute Gasteiger partial charge is 0.262 e. The minimum atomic E-state index is -0.917. The van der Waals surface area contributed by atoms with Gasteiger partial charge in [-0.15, -0.1) is 0 Å². The van der Waals surface area contributed by atoms with Gasteiger partial charge in [0.25, 0.3) is 11.8 Å². The lowest BCUT2D eigenvalue weighted by molar-refractivity contribution is -0.120. The van der Waals surface area contributed by atoms with Gasteiger partial charge >= 0.3 is 0 Å². The average molecular weight is 378 g/mol. The van der Waals surface area contributed by atoms with E-state index in [2.05, 4.69) is 5.32 Å². The Bertz CT molecular complexity index is 912. The third-order valence-electron chi connectivity index (χ3n) is 4.69. The minimum Gasteiger partial charge on any atom is -0.324 e. The number of fused-ring (bicyclic) bond motifs is 1. The van der Waals surface area contributed by atoms with Crippen molar-refractivity contribution >= 4 is 29.2 Å². The molecule has 144 valence electrons. The van der Waals surface area contributed by atoms with Crippen LogP contribution in [0.5, 0.6) is 0 Å². The van der Waals surface area contributed by atoms with Gasteiger partial charge < -0.3 is 5.32 Å². The van der Waals surface area contributed by atoms with Gasteiger partial charge in [0.2, 0.25) is 5.91 Å². The van der Waals surface area contributed by atoms with E-state index in [4.69, 9.17) is 0 Å². The third kappa shape index (κ3) is 3.71. The second-order valence-corrected chi connectivity index (χ2v) is 7.29. The maximum atomic E-state index is 13.0. The fourth-order valence-corrected chi connectivity index (χ4v) is 3.28. The van der Waals surface area contributed by atoms with E-state index < -0.39 is 23.8 Å². The molecule has 1 aliphatic rings. The molecule has 0 saturated carbocycles. The van der Waals surface area contributed by atoms with E-state index in [0.717, 1.165) is 4.90 Å². The van der Waals surface area contributed by atoms with Crippen LogP contribution in [0, 0.1) is 5.92 Å². The van der Waals surface area contributed by atoms with Crippen molar-refractivity contribution < 1.29 is 19.2 Å². The number of anilines is 1. The maximum absolute atomic E-state index is 13.0. The monoisotopic (exact) mass is 378 g/mol. The van der Waals surface area contributed by atoms with Crippen LogP contribution < -0.4 is 5.32 Å². The molecule has 2 aromatic carbocycles. The van der Waals surface area contributed by atoms with Crippen molar-refractivity contribution in [3.63, 3.8) is 0 Å². The number of hydrogen-bond donors (Lipinski definition) is 1. The average Bonchev–Trinajstić information content (AvgIpc) is 2.91. The van der Waals surface area contributed by atoms with Gasteiger partial charge in [0.15, 0.2) is 5.78 Å². The number of rotatable bonds is 6. The molecule has 3 amide bonds. The van der Waals surface area contributed by atoms with Gasteiger partial charge in [0.05, 0.1) is 11.1 Å². The van der Waals surface area contributed by atoms with Crippen molar-refractivity contribution in [1.29, 1.82) is 0 Å². The van der Waals surface area contributed by atoms with Crippen molar-refractivity contribution in [3.05, 3.63) is 65.2 Å². The van der Waals surface area contributed by atoms with E-state index >= 15 is 0 Å². The molecule has 3 rings (SSSR count). The lowest BCUT2D eigenvalue weighted by Crippen LogP contribution is -2.47. The van der Waals surface area contributed by atoms with Crippen molar-refractivity contribution in [2.75, 3.05) is 5.32 Å². The number of nitrogens with one attached hydrogen (secondary N) is 1. The van der Waals surface area contributed by atoms with E-state index in [1.807, 2.05) is 13.8 Å². The number of carbonyl (C=O) groups is 4. The number of benzene rings is 2. The highest BCUT2D eigenvalue weighted by Crippen LogP contribution is 2.27. The van der Waals surface area contributed by atoms with E-state index in [9.17, 15) is 19.2 Å². The summed E-state index contributed by atoms with van der Waals surface area (Å²) >= 11 is 0. The lowest BCUT2D eigenvalue weighted by Gasteiger charge is -2.26. The topological polar surface area (TPSA) is 83.6 Å². The zero-order valence-corrected chi connectivity index (χ0v) is 16.1. The Kier molecular flexibility index (Phi) is 5.40. The number of imide groups is 1. The predicted molar refractivity (Wildman–Crippen MR) is 105 cm³/mol. The summed E-state index contributed by atoms with van der Waals surface area (Å²) in [5.74, 6) is -1.30. The molecule has 1 aliphatic heterocycles. The number of amides is 3. The first kappa shape index (κ1) is 19.5. The number of ketones is 1. The molecular formula is C22H22N2O4. The lowest BCUT2D eigenvalue weighted by atomic mass is 10.0. The van der Waals surface area contributed by atoms with Gasteiger partial charge in [0, 0.05) is 11.3 Å². The molecule has 0 fully saturated rings. The fourth-order valence-electron chi connectivity index (χ4n) is 3.28. The highest BCUT2D eigenvalue weighted by Gasteiger charge is 2.42. The SMILES string of the molecule is CC(=O)c1ccc(NC(=O)[C@@H](CC(C)C)N2C(=O)c3ccccc3C2=O)cc1. The molecule has 1 heterocycles. The molecule has 6 nitrogen and oxygen atoms in total. The Labute approximate surface area is 163 Å². The quantitative estimate of drug-likeness (QED) is 0.616. The first-order valence-electron chi connectivity index (χ1n) is 9.18. The normalized spacial score (nSPS) is 14.2. The van der Waals surface area contributed by atoms with Crippen molar-refractivity contribution in [2.24, 2.45) is 5.92 Å². The van der Waals surface area contributed by atoms with Crippen LogP contribution in [-0.4, -0.2) is 34.4 Å². The van der Waals surface area contributed by atoms with Crippen LogP contribution in [0.2, 0.25) is 0 Å². The standard InChI is InChI=1S/C22H22N2O4/c1-13(2)12-19(20(26)23-16-10-8-15(9-11-16)14(3)25)24-21(27)17-6-4-5-7-18(17)22(24)28/h4-11,13,19H,12H2,1-3H3,(H,23,26)/t19-/m1/s1. The fraction of sp³-hybridized carbons (Fsp3) is 0.273. The predicted octanol–water partition coefficient (Wildman–Crippen LogP) is 3.54. The highest BCUT2D eigenvalue weighted by atomic mass is 16.2. The van der Waals surface area contributed by atoms with Gasteiger partial charge in [-0.3, -0.25) is 24.1 Å². The summed E-state index contributed by atoms with van der Waals surface area (Å²) < 4.78 is 0. The molecule has 28 heavy (non-hydrogen) atoms. The Morgan fingerprint density at radius 1 is 0.929 bits per heavy atom. The van der Waals surface area contributed by atoms with Gasteiger partial charge in [-0.2, -0.15) is 0 Å². The molecule has 0 spiro atoms. The molecule has 0 unspecified atom stereocenters. The summed E-state index contributed by atoms with van der Waals surface area (Å²) in [6.07, 6.45) is 0.350. The van der Waals surface area contributed by atoms with E-state index in [1.165, 1.54) is 6.92 Å². The molecule has 0 bridgehead atoms. The minimum absolute atomic E-state index is 0.0680. The number of nitrogens with zero attached hydrogens (tertiary/aromatic N) is 1. The van der Waals surface area contributed by atoms with Gasteiger partial charge in [-0.1, -0.05) is 26.0 Å². The maximum Gasteiger partial charge on any atom is 0.262 e. The van der Waals surface area contributed by atoms with Crippen LogP contribution in [0.1, 0.15) is 58.3 Å². The van der Waals surface area contributed by atoms with Gasteiger partial charge in [-0.05, 0) is 55.7 Å². The largest absolute Gasteiger partial charge is 0.324 e. The summed E-state index contributed by atoms with van der Waals surface area (Å²) in [7, 11) is 0. The Balaban J connectivity index is 1.86. The molecule has 1 N–H and O–H groups in total. The Morgan fingerprint density at radius 2 is 1.46 bits per heavy atom. The number of carbonyl (C=O) groups excluding carboxylic acids is 4. The van der Waals surface area contributed by atoms with E-state index in [0.29, 0.717) is 28.8 Å². The first-order chi connectivity index (χ1) is 13.3. The number of Topliss-reactive ketones (excluding diaryl/α,β-unsaturated/α-hetero) is 1. The summed E-state index contributed by atoms with van der Waals surface area (Å²) in [5, 5.41) is 2.76. The van der Waals surface area contributed by atoms with Crippen LogP contribution in [0.4, 0.5) is 5.69 Å². The van der Waals surface area contributed by atoms with Crippen LogP contribution in [0.15, 0.2) is 48.5 Å². The molecule has 6 heteroatoms. The molecule has 1 atom stereocenters. The highest BCUT2D eigenvalue weighted by molar-refractivity contribution is 6.23. The van der Waals surface area contributed by atoms with Crippen LogP contribution in [-0.2, 0) is 4.79 Å². The van der Waals surface area contributed by atoms with Crippen LogP contribution in [0.3, 0.4) is 0 Å². The first-order valence-corrected chi connectivity index (χ1v) is 9.18. The summed E-state index contributed by atoms with van der Waals surface area (Å²) in [6.45, 7) is 5.33. The Hall–Kier alpha value is -3.28. The van der Waals surface area contributed by atoms with Crippen molar-refractivity contribution in [2.45, 2.75) is 33.2 Å². The summed E-state index contributed by atoms with van der Waals surface area (Å²) in [5.41, 5.74) is 1.68. The summed E-state index contributed by atoms with van der Waals surface area (Å²) in [4.78, 5) is 51.0. The second kappa shape index (κ2) is 7.76. The number of hydrogen-bond acceptors (Lipinski definition) is 4. The Morgan fingerprint density at radius 3 is 1.93 bits per heavy atom.